The van der Waals surface area contributed by atoms with Gasteiger partial charge < -0.3 is 4.74 Å². The number of hydrogen-bond acceptors (Lipinski definition) is 1. The van der Waals surface area contributed by atoms with Crippen LogP contribution in [0.3, 0.4) is 0 Å². The van der Waals surface area contributed by atoms with E-state index in [4.69, 9.17) is 4.74 Å². The fourth-order valence-corrected chi connectivity index (χ4v) is 2.13. The molecule has 0 unspecified atom stereocenters. The van der Waals surface area contributed by atoms with E-state index in [0.29, 0.717) is 19.4 Å². The summed E-state index contributed by atoms with van der Waals surface area (Å²) in [6.45, 7) is 0.678. The molecule has 2 atom stereocenters. The molecule has 1 aliphatic heterocycles. The molecule has 0 N–H and O–H groups in total. The molecule has 0 aromatic rings. The topological polar surface area (TPSA) is 9.23 Å². The number of ether oxygens (including phenoxy) is 1. The maximum atomic E-state index is 13.0. The average Bonchev–Trinajstić information content (AvgIpc) is 2.29. The minimum atomic E-state index is -2.44. The molecule has 11 heavy (non-hydrogen) atoms. The Morgan fingerprint density at radius 2 is 2.09 bits per heavy atom. The molecule has 0 aromatic carbocycles. The molecule has 1 heterocycles. The molecule has 1 saturated carbocycles. The highest BCUT2D eigenvalue weighted by Crippen LogP contribution is 2.46. The van der Waals surface area contributed by atoms with Gasteiger partial charge in [0.25, 0.3) is 5.92 Å². The summed E-state index contributed by atoms with van der Waals surface area (Å²) in [5.74, 6) is -2.92. The van der Waals surface area contributed by atoms with Crippen LogP contribution in [0.4, 0.5) is 8.78 Å². The molecule has 0 amide bonds. The van der Waals surface area contributed by atoms with Gasteiger partial charge in [0.15, 0.2) is 0 Å². The van der Waals surface area contributed by atoms with E-state index in [1.807, 2.05) is 0 Å². The Labute approximate surface area is 64.7 Å². The molecular weight excluding hydrogens is 150 g/mol. The normalized spacial score (nSPS) is 42.0. The van der Waals surface area contributed by atoms with Crippen molar-refractivity contribution in [3.8, 4) is 0 Å². The Kier molecular flexibility index (Phi) is 1.63. The van der Waals surface area contributed by atoms with Crippen LogP contribution in [0.25, 0.3) is 0 Å². The molecule has 3 heteroatoms. The molecule has 0 radical (unpaired) electrons. The molecule has 64 valence electrons. The third-order valence-corrected chi connectivity index (χ3v) is 2.74. The first-order chi connectivity index (χ1) is 5.20. The standard InChI is InChI=1S/C8H12F2O/c9-8(10)4-3-7-6(8)2-1-5-11-7/h6-7H,1-5H2/t6-,7+/m0/s1. The first-order valence-electron chi connectivity index (χ1n) is 4.19. The van der Waals surface area contributed by atoms with Crippen molar-refractivity contribution in [2.75, 3.05) is 6.61 Å². The van der Waals surface area contributed by atoms with Crippen LogP contribution >= 0.6 is 0 Å². The lowest BCUT2D eigenvalue weighted by atomic mass is 9.95. The first-order valence-corrected chi connectivity index (χ1v) is 4.19. The molecule has 1 saturated heterocycles. The lowest BCUT2D eigenvalue weighted by molar-refractivity contribution is -0.101. The van der Waals surface area contributed by atoms with Crippen LogP contribution in [0.2, 0.25) is 0 Å². The molecule has 2 rings (SSSR count). The van der Waals surface area contributed by atoms with Gasteiger partial charge in [0, 0.05) is 18.9 Å². The third kappa shape index (κ3) is 1.15. The van der Waals surface area contributed by atoms with Crippen molar-refractivity contribution in [3.63, 3.8) is 0 Å². The fourth-order valence-electron chi connectivity index (χ4n) is 2.13. The molecule has 1 nitrogen and oxygen atoms in total. The van der Waals surface area contributed by atoms with Crippen molar-refractivity contribution in [2.24, 2.45) is 5.92 Å². The second-order valence-corrected chi connectivity index (χ2v) is 3.46. The van der Waals surface area contributed by atoms with Gasteiger partial charge in [0.05, 0.1) is 6.10 Å². The van der Waals surface area contributed by atoms with Crippen molar-refractivity contribution in [1.82, 2.24) is 0 Å². The molecule has 0 aromatic heterocycles. The van der Waals surface area contributed by atoms with E-state index < -0.39 is 11.8 Å². The lowest BCUT2D eigenvalue weighted by Crippen LogP contribution is -2.33. The summed E-state index contributed by atoms with van der Waals surface area (Å²) in [4.78, 5) is 0. The van der Waals surface area contributed by atoms with E-state index in [1.54, 1.807) is 0 Å². The Bertz CT molecular complexity index is 158. The Balaban J connectivity index is 2.10. The van der Waals surface area contributed by atoms with Gasteiger partial charge in [-0.05, 0) is 19.3 Å². The molecular formula is C8H12F2O. The van der Waals surface area contributed by atoms with Crippen LogP contribution in [0.5, 0.6) is 0 Å². The van der Waals surface area contributed by atoms with Gasteiger partial charge in [0.1, 0.15) is 0 Å². The Morgan fingerprint density at radius 1 is 1.27 bits per heavy atom. The third-order valence-electron chi connectivity index (χ3n) is 2.74. The minimum absolute atomic E-state index is 0.0301. The summed E-state index contributed by atoms with van der Waals surface area (Å²) in [7, 11) is 0. The molecule has 0 bridgehead atoms. The lowest BCUT2D eigenvalue weighted by Gasteiger charge is -2.28. The van der Waals surface area contributed by atoms with Gasteiger partial charge in [0.2, 0.25) is 0 Å². The summed E-state index contributed by atoms with van der Waals surface area (Å²) < 4.78 is 31.3. The van der Waals surface area contributed by atoms with Gasteiger partial charge in [-0.25, -0.2) is 8.78 Å². The van der Waals surface area contributed by atoms with E-state index >= 15 is 0 Å². The van der Waals surface area contributed by atoms with E-state index in [2.05, 4.69) is 0 Å². The summed E-state index contributed by atoms with van der Waals surface area (Å²) in [6.07, 6.45) is 1.90. The Hall–Kier alpha value is -0.180. The highest BCUT2D eigenvalue weighted by Gasteiger charge is 2.51. The maximum Gasteiger partial charge on any atom is 0.253 e. The van der Waals surface area contributed by atoms with E-state index in [0.717, 1.165) is 6.42 Å². The van der Waals surface area contributed by atoms with Gasteiger partial charge >= 0.3 is 0 Å². The van der Waals surface area contributed by atoms with Crippen LogP contribution < -0.4 is 0 Å². The smallest absolute Gasteiger partial charge is 0.253 e. The van der Waals surface area contributed by atoms with E-state index in [1.165, 1.54) is 0 Å². The van der Waals surface area contributed by atoms with Crippen LogP contribution in [0.15, 0.2) is 0 Å². The van der Waals surface area contributed by atoms with Crippen molar-refractivity contribution < 1.29 is 13.5 Å². The Morgan fingerprint density at radius 3 is 2.82 bits per heavy atom. The van der Waals surface area contributed by atoms with Crippen molar-refractivity contribution in [3.05, 3.63) is 0 Å². The van der Waals surface area contributed by atoms with Crippen molar-refractivity contribution >= 4 is 0 Å². The largest absolute Gasteiger partial charge is 0.378 e. The molecule has 2 fully saturated rings. The van der Waals surface area contributed by atoms with Crippen LogP contribution in [0, 0.1) is 5.92 Å². The van der Waals surface area contributed by atoms with E-state index in [9.17, 15) is 8.78 Å². The summed E-state index contributed by atoms with van der Waals surface area (Å²) >= 11 is 0. The monoisotopic (exact) mass is 162 g/mol. The predicted octanol–water partition coefficient (Wildman–Crippen LogP) is 2.21. The van der Waals surface area contributed by atoms with Crippen LogP contribution in [0.1, 0.15) is 25.7 Å². The van der Waals surface area contributed by atoms with Gasteiger partial charge in [-0.15, -0.1) is 0 Å². The van der Waals surface area contributed by atoms with Crippen molar-refractivity contribution in [1.29, 1.82) is 0 Å². The number of halogens is 2. The zero-order valence-corrected chi connectivity index (χ0v) is 6.35. The zero-order valence-electron chi connectivity index (χ0n) is 6.35. The molecule has 2 aliphatic rings. The highest BCUT2D eigenvalue weighted by atomic mass is 19.3. The first kappa shape index (κ1) is 7.47. The average molecular weight is 162 g/mol. The van der Waals surface area contributed by atoms with Gasteiger partial charge in [-0.2, -0.15) is 0 Å². The second kappa shape index (κ2) is 2.41. The van der Waals surface area contributed by atoms with Crippen molar-refractivity contribution in [2.45, 2.75) is 37.7 Å². The quantitative estimate of drug-likeness (QED) is 0.530. The summed E-state index contributed by atoms with van der Waals surface area (Å²) in [5, 5.41) is 0. The maximum absolute atomic E-state index is 13.0. The minimum Gasteiger partial charge on any atom is -0.378 e. The van der Waals surface area contributed by atoms with Gasteiger partial charge in [-0.3, -0.25) is 0 Å². The van der Waals surface area contributed by atoms with Gasteiger partial charge in [-0.1, -0.05) is 0 Å². The van der Waals surface area contributed by atoms with Crippen LogP contribution in [-0.2, 0) is 4.74 Å². The number of hydrogen-bond donors (Lipinski definition) is 0. The predicted molar refractivity (Wildman–Crippen MR) is 36.6 cm³/mol. The fraction of sp³-hybridized carbons (Fsp3) is 1.00. The molecule has 1 aliphatic carbocycles. The number of rotatable bonds is 0. The summed E-state index contributed by atoms with van der Waals surface area (Å²) in [5.41, 5.74) is 0. The highest BCUT2D eigenvalue weighted by molar-refractivity contribution is 4.93. The molecule has 0 spiro atoms. The number of alkyl halides is 2. The SMILES string of the molecule is FC1(F)CC[C@H]2OCCC[C@@H]21. The van der Waals surface area contributed by atoms with E-state index in [-0.39, 0.29) is 12.5 Å². The second-order valence-electron chi connectivity index (χ2n) is 3.46. The summed E-state index contributed by atoms with van der Waals surface area (Å²) in [6, 6.07) is 0. The number of fused-ring (bicyclic) bond motifs is 1. The zero-order chi connectivity index (χ0) is 7.90. The van der Waals surface area contributed by atoms with Crippen LogP contribution in [-0.4, -0.2) is 18.6 Å².